The molecule has 0 saturated carbocycles. The first-order valence-corrected chi connectivity index (χ1v) is 12.0. The number of halogens is 3. The first kappa shape index (κ1) is 24.7. The van der Waals surface area contributed by atoms with Crippen molar-refractivity contribution in [2.45, 2.75) is 0 Å². The molecule has 8 nitrogen and oxygen atoms in total. The van der Waals surface area contributed by atoms with Gasteiger partial charge in [-0.15, -0.1) is 0 Å². The summed E-state index contributed by atoms with van der Waals surface area (Å²) in [4.78, 5) is 25.8. The van der Waals surface area contributed by atoms with Crippen molar-refractivity contribution in [3.8, 4) is 11.5 Å². The van der Waals surface area contributed by atoms with E-state index in [1.54, 1.807) is 29.2 Å². The van der Waals surface area contributed by atoms with E-state index < -0.39 is 5.91 Å². The van der Waals surface area contributed by atoms with Crippen molar-refractivity contribution in [3.05, 3.63) is 55.4 Å². The van der Waals surface area contributed by atoms with Crippen molar-refractivity contribution in [3.63, 3.8) is 0 Å². The highest BCUT2D eigenvalue weighted by molar-refractivity contribution is 9.11. The van der Waals surface area contributed by atoms with Crippen LogP contribution in [0.3, 0.4) is 0 Å². The van der Waals surface area contributed by atoms with Gasteiger partial charge in [0.25, 0.3) is 11.8 Å². The maximum absolute atomic E-state index is 12.2. The highest BCUT2D eigenvalue weighted by atomic mass is 79.9. The van der Waals surface area contributed by atoms with Gasteiger partial charge in [-0.25, -0.2) is 5.43 Å². The number of ether oxygens (including phenoxy) is 3. The van der Waals surface area contributed by atoms with Gasteiger partial charge in [0, 0.05) is 17.6 Å². The summed E-state index contributed by atoms with van der Waals surface area (Å²) >= 11 is 10.2. The van der Waals surface area contributed by atoms with Gasteiger partial charge in [-0.2, -0.15) is 5.10 Å². The molecule has 2 aromatic carbocycles. The fraction of sp³-hybridized carbons (Fsp3) is 0.286. The minimum absolute atomic E-state index is 0.0451. The van der Waals surface area contributed by atoms with E-state index in [1.807, 2.05) is 12.1 Å². The zero-order chi connectivity index (χ0) is 22.9. The van der Waals surface area contributed by atoms with Gasteiger partial charge in [0.15, 0.2) is 13.2 Å². The van der Waals surface area contributed by atoms with Gasteiger partial charge in [-0.1, -0.05) is 15.9 Å². The highest BCUT2D eigenvalue weighted by Crippen LogP contribution is 2.28. The lowest BCUT2D eigenvalue weighted by Crippen LogP contribution is -2.43. The lowest BCUT2D eigenvalue weighted by Gasteiger charge is -2.26. The summed E-state index contributed by atoms with van der Waals surface area (Å²) in [6.45, 7) is 2.04. The highest BCUT2D eigenvalue weighted by Gasteiger charge is 2.17. The molecule has 0 aromatic heterocycles. The lowest BCUT2D eigenvalue weighted by atomic mass is 10.2. The van der Waals surface area contributed by atoms with Crippen LogP contribution in [0.1, 0.15) is 5.56 Å². The summed E-state index contributed by atoms with van der Waals surface area (Å²) < 4.78 is 18.6. The maximum atomic E-state index is 12.2. The number of amides is 2. The summed E-state index contributed by atoms with van der Waals surface area (Å²) in [6, 6.07) is 10.7. The van der Waals surface area contributed by atoms with Gasteiger partial charge < -0.3 is 19.1 Å². The Labute approximate surface area is 210 Å². The van der Waals surface area contributed by atoms with Gasteiger partial charge in [-0.3, -0.25) is 9.59 Å². The second kappa shape index (κ2) is 12.3. The Morgan fingerprint density at radius 2 is 1.66 bits per heavy atom. The van der Waals surface area contributed by atoms with Gasteiger partial charge in [0.2, 0.25) is 0 Å². The van der Waals surface area contributed by atoms with Crippen molar-refractivity contribution in [2.75, 3.05) is 39.5 Å². The maximum Gasteiger partial charge on any atom is 0.277 e. The third-order valence-corrected chi connectivity index (χ3v) is 6.06. The molecular formula is C21H20Br3N3O5. The summed E-state index contributed by atoms with van der Waals surface area (Å²) in [5.74, 6) is 0.628. The van der Waals surface area contributed by atoms with Crippen LogP contribution in [-0.4, -0.2) is 62.4 Å². The van der Waals surface area contributed by atoms with Gasteiger partial charge in [-0.05, 0) is 73.8 Å². The molecule has 0 bridgehead atoms. The Morgan fingerprint density at radius 1 is 1.00 bits per heavy atom. The molecule has 1 fully saturated rings. The van der Waals surface area contributed by atoms with Gasteiger partial charge in [0.1, 0.15) is 11.5 Å². The van der Waals surface area contributed by atoms with Crippen LogP contribution in [0.25, 0.3) is 0 Å². The number of hydrogen-bond acceptors (Lipinski definition) is 6. The fourth-order valence-electron chi connectivity index (χ4n) is 2.70. The topological polar surface area (TPSA) is 89.5 Å². The molecule has 11 heteroatoms. The van der Waals surface area contributed by atoms with Crippen molar-refractivity contribution in [1.82, 2.24) is 10.3 Å². The van der Waals surface area contributed by atoms with Crippen molar-refractivity contribution >= 4 is 65.8 Å². The van der Waals surface area contributed by atoms with E-state index in [0.717, 1.165) is 14.5 Å². The molecule has 0 spiro atoms. The second-order valence-corrected chi connectivity index (χ2v) is 9.25. The van der Waals surface area contributed by atoms with Crippen LogP contribution in [-0.2, 0) is 14.3 Å². The molecule has 1 aliphatic rings. The minimum atomic E-state index is -0.392. The summed E-state index contributed by atoms with van der Waals surface area (Å²) in [7, 11) is 0. The third-order valence-electron chi connectivity index (χ3n) is 4.33. The standard InChI is InChI=1S/C21H20Br3N3O5/c22-15-2-4-19(17(24)10-15)31-12-20(28)26-25-11-14-1-3-18(16(23)9-14)32-13-21(29)27-5-7-30-8-6-27/h1-4,9-11H,5-8,12-13H2,(H,26,28)/b25-11+. The molecule has 170 valence electrons. The summed E-state index contributed by atoms with van der Waals surface area (Å²) in [6.07, 6.45) is 1.50. The molecule has 1 heterocycles. The largest absolute Gasteiger partial charge is 0.483 e. The van der Waals surface area contributed by atoms with Crippen LogP contribution >= 0.6 is 47.8 Å². The summed E-state index contributed by atoms with van der Waals surface area (Å²) in [5.41, 5.74) is 3.15. The van der Waals surface area contributed by atoms with Gasteiger partial charge in [0.05, 0.1) is 28.4 Å². The van der Waals surface area contributed by atoms with E-state index in [4.69, 9.17) is 14.2 Å². The van der Waals surface area contributed by atoms with E-state index in [-0.39, 0.29) is 19.1 Å². The number of benzene rings is 2. The molecule has 1 aliphatic heterocycles. The van der Waals surface area contributed by atoms with E-state index in [9.17, 15) is 9.59 Å². The predicted molar refractivity (Wildman–Crippen MR) is 130 cm³/mol. The quantitative estimate of drug-likeness (QED) is 0.354. The fourth-order valence-corrected chi connectivity index (χ4v) is 4.38. The molecule has 1 N–H and O–H groups in total. The molecular weight excluding hydrogens is 614 g/mol. The molecule has 2 aromatic rings. The Kier molecular flexibility index (Phi) is 9.51. The number of hydrazone groups is 1. The average Bonchev–Trinajstić information content (AvgIpc) is 2.78. The Morgan fingerprint density at radius 3 is 2.34 bits per heavy atom. The molecule has 0 unspecified atom stereocenters. The zero-order valence-corrected chi connectivity index (χ0v) is 21.6. The molecule has 2 amide bonds. The smallest absolute Gasteiger partial charge is 0.277 e. The number of nitrogens with one attached hydrogen (secondary N) is 1. The first-order chi connectivity index (χ1) is 15.4. The third kappa shape index (κ3) is 7.58. The number of carbonyl (C=O) groups is 2. The van der Waals surface area contributed by atoms with Crippen LogP contribution in [0.15, 0.2) is 54.9 Å². The SMILES string of the molecule is O=C(COc1ccc(Br)cc1Br)N/N=C/c1ccc(OCC(=O)N2CCOCC2)c(Br)c1. The van der Waals surface area contributed by atoms with Gasteiger partial charge >= 0.3 is 0 Å². The lowest BCUT2D eigenvalue weighted by molar-refractivity contribution is -0.137. The van der Waals surface area contributed by atoms with Crippen LogP contribution < -0.4 is 14.9 Å². The minimum Gasteiger partial charge on any atom is -0.483 e. The molecule has 0 radical (unpaired) electrons. The Balaban J connectivity index is 1.44. The van der Waals surface area contributed by atoms with Crippen LogP contribution in [0, 0.1) is 0 Å². The number of carbonyl (C=O) groups excluding carboxylic acids is 2. The van der Waals surface area contributed by atoms with Crippen molar-refractivity contribution in [2.24, 2.45) is 5.10 Å². The number of hydrogen-bond donors (Lipinski definition) is 1. The van der Waals surface area contributed by atoms with E-state index in [1.165, 1.54) is 6.21 Å². The molecule has 0 aliphatic carbocycles. The van der Waals surface area contributed by atoms with Crippen LogP contribution in [0.2, 0.25) is 0 Å². The van der Waals surface area contributed by atoms with E-state index in [2.05, 4.69) is 58.3 Å². The first-order valence-electron chi connectivity index (χ1n) is 9.60. The molecule has 3 rings (SSSR count). The Bertz CT molecular complexity index is 997. The monoisotopic (exact) mass is 631 g/mol. The summed E-state index contributed by atoms with van der Waals surface area (Å²) in [5, 5.41) is 3.94. The molecule has 1 saturated heterocycles. The van der Waals surface area contributed by atoms with Crippen molar-refractivity contribution < 1.29 is 23.8 Å². The molecule has 32 heavy (non-hydrogen) atoms. The average molecular weight is 634 g/mol. The van der Waals surface area contributed by atoms with E-state index >= 15 is 0 Å². The van der Waals surface area contributed by atoms with Crippen LogP contribution in [0.4, 0.5) is 0 Å². The predicted octanol–water partition coefficient (Wildman–Crippen LogP) is 3.74. The Hall–Kier alpha value is -1.95. The van der Waals surface area contributed by atoms with Crippen molar-refractivity contribution in [1.29, 1.82) is 0 Å². The number of morpholine rings is 1. The molecule has 0 atom stereocenters. The van der Waals surface area contributed by atoms with Crippen LogP contribution in [0.5, 0.6) is 11.5 Å². The zero-order valence-electron chi connectivity index (χ0n) is 16.9. The number of nitrogens with zero attached hydrogens (tertiary/aromatic N) is 2. The normalized spacial score (nSPS) is 13.8. The number of rotatable bonds is 8. The van der Waals surface area contributed by atoms with E-state index in [0.29, 0.717) is 42.3 Å². The second-order valence-electron chi connectivity index (χ2n) is 6.63.